The maximum absolute atomic E-state index is 11.5. The standard InChI is InChI=1S/C18H25N7O5S/c1-6-19-17(26)28-8-12(9-29-18(27)20-7-2)30-11-25-10-21-13-14(25)22-16(24(3)4)23-15(13)31-5/h6-7,10,12H,1-2,8-9,11H2,3-5H3,(H,19,26)(H,20,27). The minimum absolute atomic E-state index is 0.0255. The van der Waals surface area contributed by atoms with Crippen LogP contribution in [0.2, 0.25) is 0 Å². The van der Waals surface area contributed by atoms with Gasteiger partial charge in [0.15, 0.2) is 5.65 Å². The van der Waals surface area contributed by atoms with Gasteiger partial charge in [-0.25, -0.2) is 19.6 Å². The second kappa shape index (κ2) is 11.8. The monoisotopic (exact) mass is 451 g/mol. The molecule has 2 aromatic rings. The van der Waals surface area contributed by atoms with E-state index in [0.29, 0.717) is 17.1 Å². The largest absolute Gasteiger partial charge is 0.446 e. The minimum Gasteiger partial charge on any atom is -0.446 e. The van der Waals surface area contributed by atoms with Crippen LogP contribution in [0, 0.1) is 0 Å². The first-order chi connectivity index (χ1) is 14.9. The van der Waals surface area contributed by atoms with Gasteiger partial charge in [0.1, 0.15) is 36.6 Å². The van der Waals surface area contributed by atoms with E-state index in [1.54, 1.807) is 15.8 Å². The lowest BCUT2D eigenvalue weighted by atomic mass is 10.4. The molecule has 168 valence electrons. The highest BCUT2D eigenvalue weighted by Crippen LogP contribution is 2.24. The quantitative estimate of drug-likeness (QED) is 0.384. The van der Waals surface area contributed by atoms with Crippen molar-refractivity contribution in [1.82, 2.24) is 30.2 Å². The smallest absolute Gasteiger partial charge is 0.411 e. The molecule has 0 fully saturated rings. The van der Waals surface area contributed by atoms with Crippen LogP contribution in [0.1, 0.15) is 0 Å². The van der Waals surface area contributed by atoms with Crippen molar-refractivity contribution in [3.63, 3.8) is 0 Å². The molecule has 0 aromatic carbocycles. The maximum Gasteiger partial charge on any atom is 0.411 e. The molecular formula is C18H25N7O5S. The van der Waals surface area contributed by atoms with E-state index in [1.807, 2.05) is 20.4 Å². The molecule has 0 saturated heterocycles. The van der Waals surface area contributed by atoms with E-state index in [0.717, 1.165) is 5.03 Å². The number of aromatic nitrogens is 4. The molecule has 0 atom stereocenters. The van der Waals surface area contributed by atoms with E-state index in [9.17, 15) is 9.59 Å². The molecule has 2 amide bonds. The number of ether oxygens (including phenoxy) is 3. The van der Waals surface area contributed by atoms with Gasteiger partial charge in [-0.15, -0.1) is 11.8 Å². The Kier molecular flexibility index (Phi) is 9.09. The number of amides is 2. The van der Waals surface area contributed by atoms with Gasteiger partial charge in [-0.2, -0.15) is 4.98 Å². The highest BCUT2D eigenvalue weighted by molar-refractivity contribution is 7.98. The number of imidazole rings is 1. The number of hydrogen-bond donors (Lipinski definition) is 2. The predicted octanol–water partition coefficient (Wildman–Crippen LogP) is 1.70. The lowest BCUT2D eigenvalue weighted by Gasteiger charge is -2.18. The zero-order valence-electron chi connectivity index (χ0n) is 17.5. The van der Waals surface area contributed by atoms with Crippen molar-refractivity contribution in [3.8, 4) is 0 Å². The molecule has 0 spiro atoms. The van der Waals surface area contributed by atoms with Crippen LogP contribution in [0.25, 0.3) is 11.2 Å². The third-order valence-electron chi connectivity index (χ3n) is 3.70. The Morgan fingerprint density at radius 1 is 1.19 bits per heavy atom. The van der Waals surface area contributed by atoms with Crippen molar-refractivity contribution in [2.45, 2.75) is 17.9 Å². The number of nitrogens with zero attached hydrogens (tertiary/aromatic N) is 5. The summed E-state index contributed by atoms with van der Waals surface area (Å²) in [6.07, 6.45) is 3.69. The van der Waals surface area contributed by atoms with E-state index in [-0.39, 0.29) is 19.9 Å². The van der Waals surface area contributed by atoms with Crippen molar-refractivity contribution in [3.05, 3.63) is 31.9 Å². The van der Waals surface area contributed by atoms with E-state index in [4.69, 9.17) is 14.2 Å². The first kappa shape index (κ1) is 24.0. The Morgan fingerprint density at radius 2 is 1.81 bits per heavy atom. The van der Waals surface area contributed by atoms with Gasteiger partial charge in [0.05, 0.1) is 6.33 Å². The normalized spacial score (nSPS) is 10.6. The first-order valence-corrected chi connectivity index (χ1v) is 10.3. The van der Waals surface area contributed by atoms with E-state index >= 15 is 0 Å². The topological polar surface area (TPSA) is 133 Å². The van der Waals surface area contributed by atoms with Gasteiger partial charge in [-0.1, -0.05) is 13.2 Å². The number of hydrogen-bond acceptors (Lipinski definition) is 10. The summed E-state index contributed by atoms with van der Waals surface area (Å²) < 4.78 is 17.6. The second-order valence-electron chi connectivity index (χ2n) is 6.13. The van der Waals surface area contributed by atoms with Crippen LogP contribution in [0.15, 0.2) is 36.9 Å². The summed E-state index contributed by atoms with van der Waals surface area (Å²) in [5, 5.41) is 5.30. The van der Waals surface area contributed by atoms with Crippen molar-refractivity contribution in [1.29, 1.82) is 0 Å². The molecule has 0 radical (unpaired) electrons. The molecule has 2 N–H and O–H groups in total. The van der Waals surface area contributed by atoms with E-state index < -0.39 is 18.3 Å². The van der Waals surface area contributed by atoms with Crippen LogP contribution in [-0.4, -0.2) is 71.4 Å². The first-order valence-electron chi connectivity index (χ1n) is 9.03. The molecule has 31 heavy (non-hydrogen) atoms. The van der Waals surface area contributed by atoms with Gasteiger partial charge < -0.3 is 19.1 Å². The molecule has 13 heteroatoms. The number of anilines is 1. The van der Waals surface area contributed by atoms with Gasteiger partial charge in [0.25, 0.3) is 0 Å². The molecule has 2 rings (SSSR count). The molecule has 0 aliphatic rings. The number of thioether (sulfide) groups is 1. The highest BCUT2D eigenvalue weighted by atomic mass is 32.2. The fourth-order valence-corrected chi connectivity index (χ4v) is 2.77. The zero-order valence-corrected chi connectivity index (χ0v) is 18.3. The number of rotatable bonds is 11. The Balaban J connectivity index is 2.14. The summed E-state index contributed by atoms with van der Waals surface area (Å²) in [5.41, 5.74) is 1.22. The summed E-state index contributed by atoms with van der Waals surface area (Å²) in [7, 11) is 3.69. The van der Waals surface area contributed by atoms with Crippen molar-refractivity contribution in [2.24, 2.45) is 0 Å². The van der Waals surface area contributed by atoms with Gasteiger partial charge in [0, 0.05) is 14.1 Å². The van der Waals surface area contributed by atoms with Crippen LogP contribution in [-0.2, 0) is 20.9 Å². The van der Waals surface area contributed by atoms with E-state index in [2.05, 4.69) is 38.7 Å². The Bertz CT molecular complexity index is 907. The molecule has 0 unspecified atom stereocenters. The summed E-state index contributed by atoms with van der Waals surface area (Å²) in [6.45, 7) is 6.46. The number of carbonyl (C=O) groups is 2. The lowest BCUT2D eigenvalue weighted by Crippen LogP contribution is -2.32. The van der Waals surface area contributed by atoms with Gasteiger partial charge >= 0.3 is 12.2 Å². The maximum atomic E-state index is 11.5. The average molecular weight is 452 g/mol. The summed E-state index contributed by atoms with van der Waals surface area (Å²) in [6, 6.07) is 0. The molecular weight excluding hydrogens is 426 g/mol. The Labute approximate surface area is 183 Å². The Hall–Kier alpha value is -3.32. The van der Waals surface area contributed by atoms with Crippen molar-refractivity contribution >= 4 is 41.1 Å². The fourth-order valence-electron chi connectivity index (χ4n) is 2.26. The predicted molar refractivity (Wildman–Crippen MR) is 116 cm³/mol. The van der Waals surface area contributed by atoms with Crippen LogP contribution in [0.5, 0.6) is 0 Å². The minimum atomic E-state index is -0.751. The van der Waals surface area contributed by atoms with Crippen LogP contribution >= 0.6 is 11.8 Å². The van der Waals surface area contributed by atoms with Crippen LogP contribution < -0.4 is 15.5 Å². The fraction of sp³-hybridized carbons (Fsp3) is 0.389. The van der Waals surface area contributed by atoms with Crippen molar-refractivity contribution in [2.75, 3.05) is 38.5 Å². The average Bonchev–Trinajstić information content (AvgIpc) is 3.15. The third kappa shape index (κ3) is 6.86. The van der Waals surface area contributed by atoms with Gasteiger partial charge in [-0.3, -0.25) is 15.2 Å². The number of nitrogens with one attached hydrogen (secondary N) is 2. The number of fused-ring (bicyclic) bond motifs is 1. The van der Waals surface area contributed by atoms with Crippen LogP contribution in [0.3, 0.4) is 0 Å². The summed E-state index contributed by atoms with van der Waals surface area (Å²) in [5.74, 6) is 0.531. The number of carbonyl (C=O) groups excluding carboxylic acids is 2. The molecule has 0 aliphatic carbocycles. The molecule has 0 saturated carbocycles. The Morgan fingerprint density at radius 3 is 2.32 bits per heavy atom. The van der Waals surface area contributed by atoms with Crippen molar-refractivity contribution < 1.29 is 23.8 Å². The molecule has 12 nitrogen and oxygen atoms in total. The van der Waals surface area contributed by atoms with Gasteiger partial charge in [-0.05, 0) is 18.7 Å². The molecule has 2 heterocycles. The number of alkyl carbamates (subject to hydrolysis) is 2. The third-order valence-corrected chi connectivity index (χ3v) is 4.37. The highest BCUT2D eigenvalue weighted by Gasteiger charge is 2.18. The second-order valence-corrected chi connectivity index (χ2v) is 6.92. The SMILES string of the molecule is C=CNC(=O)OCC(COC(=O)NC=C)OCn1cnc2c(SC)nc(N(C)C)nc21. The molecule has 2 aromatic heterocycles. The zero-order chi connectivity index (χ0) is 22.8. The summed E-state index contributed by atoms with van der Waals surface area (Å²) in [4.78, 5) is 38.2. The molecule has 0 bridgehead atoms. The molecule has 0 aliphatic heterocycles. The summed E-state index contributed by atoms with van der Waals surface area (Å²) >= 11 is 1.46. The lowest BCUT2D eigenvalue weighted by molar-refractivity contribution is -0.0539. The van der Waals surface area contributed by atoms with Crippen LogP contribution in [0.4, 0.5) is 15.5 Å². The van der Waals surface area contributed by atoms with E-state index in [1.165, 1.54) is 24.2 Å². The van der Waals surface area contributed by atoms with Gasteiger partial charge in [0.2, 0.25) is 5.95 Å².